The first-order valence-corrected chi connectivity index (χ1v) is 13.4. The monoisotopic (exact) mass is 526 g/mol. The number of carbonyl (C=O) groups excluding carboxylic acids is 1. The molecule has 0 aromatic heterocycles. The summed E-state index contributed by atoms with van der Waals surface area (Å²) in [5, 5.41) is -5.58. The number of hydrogen-bond acceptors (Lipinski definition) is 6. The molecule has 3 bridgehead atoms. The van der Waals surface area contributed by atoms with Gasteiger partial charge in [-0.3, -0.25) is 4.55 Å². The Morgan fingerprint density at radius 1 is 1.17 bits per heavy atom. The number of esters is 1. The van der Waals surface area contributed by atoms with E-state index >= 15 is 0 Å². The van der Waals surface area contributed by atoms with E-state index in [1.54, 1.807) is 6.92 Å². The fourth-order valence-corrected chi connectivity index (χ4v) is 7.94. The van der Waals surface area contributed by atoms with Crippen molar-refractivity contribution < 1.29 is 49.5 Å². The Labute approximate surface area is 201 Å². The summed E-state index contributed by atoms with van der Waals surface area (Å²) in [7, 11) is -6.25. The number of fused-ring (bicyclic) bond motifs is 2. The lowest BCUT2D eigenvalue weighted by Crippen LogP contribution is -2.55. The van der Waals surface area contributed by atoms with Gasteiger partial charge in [-0.05, 0) is 81.0 Å². The lowest BCUT2D eigenvalue weighted by Gasteiger charge is -2.61. The molecule has 0 aromatic rings. The van der Waals surface area contributed by atoms with Crippen molar-refractivity contribution in [2.75, 3.05) is 6.61 Å². The minimum Gasteiger partial charge on any atom is -0.456 e. The molecule has 198 valence electrons. The molecule has 0 aromatic carbocycles. The summed E-state index contributed by atoms with van der Waals surface area (Å²) < 4.78 is 101. The third kappa shape index (κ3) is 4.02. The molecular weight excluding hydrogens is 496 g/mol. The Morgan fingerprint density at radius 3 is 2.54 bits per heavy atom. The Kier molecular flexibility index (Phi) is 5.72. The van der Waals surface area contributed by atoms with Crippen molar-refractivity contribution in [3.05, 3.63) is 12.2 Å². The number of carbonyl (C=O) groups is 1. The molecule has 8 unspecified atom stereocenters. The molecular formula is C23H30F4O7S. The Balaban J connectivity index is 1.15. The quantitative estimate of drug-likeness (QED) is 0.149. The van der Waals surface area contributed by atoms with Gasteiger partial charge in [0.15, 0.2) is 6.29 Å². The van der Waals surface area contributed by atoms with E-state index in [1.165, 1.54) is 0 Å². The van der Waals surface area contributed by atoms with Crippen LogP contribution < -0.4 is 0 Å². The van der Waals surface area contributed by atoms with Crippen LogP contribution >= 0.6 is 0 Å². The van der Waals surface area contributed by atoms with Crippen LogP contribution in [0.3, 0.4) is 0 Å². The van der Waals surface area contributed by atoms with Crippen LogP contribution in [0, 0.1) is 29.1 Å². The Morgan fingerprint density at radius 2 is 1.89 bits per heavy atom. The smallest absolute Gasteiger partial charge is 0.431 e. The highest BCUT2D eigenvalue weighted by molar-refractivity contribution is 7.87. The Bertz CT molecular complexity index is 1030. The molecule has 1 heterocycles. The second-order valence-electron chi connectivity index (χ2n) is 11.4. The molecule has 1 saturated heterocycles. The highest BCUT2D eigenvalue weighted by atomic mass is 32.2. The maximum absolute atomic E-state index is 13.7. The molecule has 1 N–H and O–H groups in total. The van der Waals surface area contributed by atoms with Crippen LogP contribution in [0.15, 0.2) is 12.2 Å². The zero-order valence-corrected chi connectivity index (χ0v) is 20.2. The number of halogens is 4. The van der Waals surface area contributed by atoms with Crippen molar-refractivity contribution in [3.63, 3.8) is 0 Å². The van der Waals surface area contributed by atoms with Gasteiger partial charge in [0, 0.05) is 12.0 Å². The fraction of sp³-hybridized carbons (Fsp3) is 0.870. The molecule has 4 aliphatic carbocycles. The molecule has 0 radical (unpaired) electrons. The van der Waals surface area contributed by atoms with Crippen LogP contribution in [0.5, 0.6) is 0 Å². The standard InChI is InChI=1S/C23H30F4O7S/c1-12(2)18(28)34-20-7-14-8-21(11-20)15(6-16(21)9-20)5-13(14)10-32-19-17(33-19)3-4-22(24,25)23(26,27)35(29,30)31/h13-17,19H,1,3-11H2,2H3,(H,29,30,31). The highest BCUT2D eigenvalue weighted by Gasteiger charge is 2.71. The van der Waals surface area contributed by atoms with Crippen molar-refractivity contribution in [1.29, 1.82) is 0 Å². The van der Waals surface area contributed by atoms with Crippen molar-refractivity contribution in [2.45, 2.75) is 87.5 Å². The van der Waals surface area contributed by atoms with E-state index in [0.29, 0.717) is 29.9 Å². The summed E-state index contributed by atoms with van der Waals surface area (Å²) in [6.45, 7) is 5.65. The van der Waals surface area contributed by atoms with Crippen LogP contribution in [-0.4, -0.2) is 54.7 Å². The van der Waals surface area contributed by atoms with Crippen LogP contribution in [0.25, 0.3) is 0 Å². The van der Waals surface area contributed by atoms with Gasteiger partial charge in [-0.1, -0.05) is 6.58 Å². The summed E-state index contributed by atoms with van der Waals surface area (Å²) in [6, 6.07) is 0. The maximum Gasteiger partial charge on any atom is 0.431 e. The predicted molar refractivity (Wildman–Crippen MR) is 113 cm³/mol. The number of epoxide rings is 1. The van der Waals surface area contributed by atoms with Gasteiger partial charge in [-0.15, -0.1) is 0 Å². The molecule has 7 nitrogen and oxygen atoms in total. The van der Waals surface area contributed by atoms with E-state index in [1.807, 2.05) is 0 Å². The minimum absolute atomic E-state index is 0.186. The van der Waals surface area contributed by atoms with Crippen LogP contribution in [0.4, 0.5) is 17.6 Å². The summed E-state index contributed by atoms with van der Waals surface area (Å²) in [5.41, 5.74) is 0.122. The van der Waals surface area contributed by atoms with Crippen LogP contribution in [0.1, 0.15) is 58.3 Å². The Hall–Kier alpha value is -1.24. The highest BCUT2D eigenvalue weighted by Crippen LogP contribution is 2.75. The van der Waals surface area contributed by atoms with Gasteiger partial charge >= 0.3 is 27.3 Å². The zero-order valence-electron chi connectivity index (χ0n) is 19.4. The third-order valence-corrected chi connectivity index (χ3v) is 10.1. The first kappa shape index (κ1) is 25.4. The summed E-state index contributed by atoms with van der Waals surface area (Å²) in [6.07, 6.45) is 1.97. The van der Waals surface area contributed by atoms with Crippen LogP contribution in [0.2, 0.25) is 0 Å². The van der Waals surface area contributed by atoms with E-state index in [9.17, 15) is 30.8 Å². The van der Waals surface area contributed by atoms with Crippen LogP contribution in [-0.2, 0) is 29.1 Å². The zero-order chi connectivity index (χ0) is 25.6. The maximum atomic E-state index is 13.7. The number of rotatable bonds is 10. The third-order valence-electron chi connectivity index (χ3n) is 9.16. The van der Waals surface area contributed by atoms with E-state index in [0.717, 1.165) is 38.5 Å². The van der Waals surface area contributed by atoms with Crippen molar-refractivity contribution >= 4 is 16.1 Å². The largest absolute Gasteiger partial charge is 0.456 e. The molecule has 5 fully saturated rings. The van der Waals surface area contributed by atoms with Crippen molar-refractivity contribution in [2.24, 2.45) is 29.1 Å². The lowest BCUT2D eigenvalue weighted by molar-refractivity contribution is -0.176. The molecule has 5 aliphatic rings. The molecule has 5 rings (SSSR count). The van der Waals surface area contributed by atoms with E-state index < -0.39 is 52.1 Å². The topological polar surface area (TPSA) is 102 Å². The number of ether oxygens (including phenoxy) is 3. The second-order valence-corrected chi connectivity index (χ2v) is 12.8. The molecule has 12 heteroatoms. The lowest BCUT2D eigenvalue weighted by atomic mass is 9.44. The van der Waals surface area contributed by atoms with Crippen molar-refractivity contribution in [3.8, 4) is 0 Å². The van der Waals surface area contributed by atoms with E-state index in [2.05, 4.69) is 6.58 Å². The first-order chi connectivity index (χ1) is 16.1. The molecule has 8 atom stereocenters. The van der Waals surface area contributed by atoms with Gasteiger partial charge in [0.1, 0.15) is 11.7 Å². The minimum atomic E-state index is -6.25. The average molecular weight is 527 g/mol. The van der Waals surface area contributed by atoms with Gasteiger partial charge in [0.25, 0.3) is 0 Å². The second kappa shape index (κ2) is 7.88. The summed E-state index contributed by atoms with van der Waals surface area (Å²) >= 11 is 0. The number of alkyl halides is 4. The van der Waals surface area contributed by atoms with E-state index in [4.69, 9.17) is 18.8 Å². The number of hydrogen-bond donors (Lipinski definition) is 1. The SMILES string of the molecule is C=C(C)C(=O)OC12CC3CC4(C1)C(CC3COC1OC1CCC(F)(F)C(F)(F)S(=O)(=O)O)CC4C2. The van der Waals surface area contributed by atoms with E-state index in [-0.39, 0.29) is 17.3 Å². The van der Waals surface area contributed by atoms with Gasteiger partial charge in [0.2, 0.25) is 0 Å². The van der Waals surface area contributed by atoms with Gasteiger partial charge < -0.3 is 14.2 Å². The summed E-state index contributed by atoms with van der Waals surface area (Å²) in [4.78, 5) is 12.3. The molecule has 1 aliphatic heterocycles. The fourth-order valence-electron chi connectivity index (χ4n) is 7.46. The van der Waals surface area contributed by atoms with Gasteiger partial charge in [-0.2, -0.15) is 26.0 Å². The predicted octanol–water partition coefficient (Wildman–Crippen LogP) is 4.33. The molecule has 35 heavy (non-hydrogen) atoms. The summed E-state index contributed by atoms with van der Waals surface area (Å²) in [5.74, 6) is -3.73. The molecule has 0 amide bonds. The normalized spacial score (nSPS) is 41.8. The van der Waals surface area contributed by atoms with Gasteiger partial charge in [0.05, 0.1) is 6.61 Å². The molecule has 4 saturated carbocycles. The first-order valence-electron chi connectivity index (χ1n) is 12.0. The average Bonchev–Trinajstić information content (AvgIpc) is 3.46. The van der Waals surface area contributed by atoms with Gasteiger partial charge in [-0.25, -0.2) is 4.79 Å². The van der Waals surface area contributed by atoms with Crippen molar-refractivity contribution in [1.82, 2.24) is 0 Å². The molecule has 1 spiro atoms.